The van der Waals surface area contributed by atoms with Gasteiger partial charge < -0.3 is 11.1 Å². The zero-order valence-electron chi connectivity index (χ0n) is 4.93. The van der Waals surface area contributed by atoms with E-state index in [-0.39, 0.29) is 0 Å². The van der Waals surface area contributed by atoms with Crippen LogP contribution in [0.3, 0.4) is 0 Å². The Hall–Kier alpha value is -0.0800. The average molecular weight is 112 g/mol. The normalized spacial score (nSPS) is 52.9. The average Bonchev–Trinajstić information content (AvgIpc) is 2.45. The fraction of sp³-hybridized carbons (Fsp3) is 1.00. The number of fused-ring (bicyclic) bond motifs is 1. The molecule has 3 unspecified atom stereocenters. The molecule has 0 amide bonds. The standard InChI is InChI=1S/C6H12N2/c7-5-1-2-8-6-3-4(5)6/h4-6,8H,1-3,7H2. The van der Waals surface area contributed by atoms with Crippen LogP contribution in [-0.4, -0.2) is 18.6 Å². The molecule has 0 aromatic rings. The smallest absolute Gasteiger partial charge is 0.0114 e. The Morgan fingerprint density at radius 3 is 3.00 bits per heavy atom. The summed E-state index contributed by atoms with van der Waals surface area (Å²) in [5.74, 6) is 0.837. The molecule has 3 N–H and O–H groups in total. The van der Waals surface area contributed by atoms with Crippen molar-refractivity contribution >= 4 is 0 Å². The molecular formula is C6H12N2. The van der Waals surface area contributed by atoms with Crippen molar-refractivity contribution in [1.29, 1.82) is 0 Å². The van der Waals surface area contributed by atoms with E-state index in [0.717, 1.165) is 18.5 Å². The Morgan fingerprint density at radius 1 is 1.50 bits per heavy atom. The quantitative estimate of drug-likeness (QED) is 0.451. The van der Waals surface area contributed by atoms with Crippen LogP contribution >= 0.6 is 0 Å². The van der Waals surface area contributed by atoms with E-state index >= 15 is 0 Å². The van der Waals surface area contributed by atoms with Crippen molar-refractivity contribution in [2.45, 2.75) is 24.9 Å². The van der Waals surface area contributed by atoms with Gasteiger partial charge in [0.05, 0.1) is 0 Å². The SMILES string of the molecule is NC1CCNC2CC12. The molecule has 3 atom stereocenters. The van der Waals surface area contributed by atoms with E-state index in [9.17, 15) is 0 Å². The first-order valence-corrected chi connectivity index (χ1v) is 3.37. The summed E-state index contributed by atoms with van der Waals surface area (Å²) in [6.07, 6.45) is 2.52. The molecule has 0 bridgehead atoms. The third kappa shape index (κ3) is 0.565. The van der Waals surface area contributed by atoms with Crippen molar-refractivity contribution < 1.29 is 0 Å². The van der Waals surface area contributed by atoms with Gasteiger partial charge >= 0.3 is 0 Å². The van der Waals surface area contributed by atoms with Gasteiger partial charge in [-0.3, -0.25) is 0 Å². The van der Waals surface area contributed by atoms with E-state index in [1.165, 1.54) is 12.8 Å². The molecule has 1 saturated heterocycles. The molecule has 46 valence electrons. The van der Waals surface area contributed by atoms with Crippen LogP contribution in [0.25, 0.3) is 0 Å². The summed E-state index contributed by atoms with van der Waals surface area (Å²) in [5, 5.41) is 3.41. The van der Waals surface area contributed by atoms with Crippen molar-refractivity contribution in [3.8, 4) is 0 Å². The Morgan fingerprint density at radius 2 is 2.38 bits per heavy atom. The number of nitrogens with two attached hydrogens (primary N) is 1. The van der Waals surface area contributed by atoms with Crippen LogP contribution in [0, 0.1) is 5.92 Å². The first-order valence-electron chi connectivity index (χ1n) is 3.37. The van der Waals surface area contributed by atoms with Gasteiger partial charge in [0.2, 0.25) is 0 Å². The maximum absolute atomic E-state index is 5.78. The zero-order valence-corrected chi connectivity index (χ0v) is 4.93. The van der Waals surface area contributed by atoms with E-state index in [4.69, 9.17) is 5.73 Å². The van der Waals surface area contributed by atoms with Crippen molar-refractivity contribution in [2.75, 3.05) is 6.54 Å². The summed E-state index contributed by atoms with van der Waals surface area (Å²) < 4.78 is 0. The maximum Gasteiger partial charge on any atom is 0.0114 e. The maximum atomic E-state index is 5.78. The molecule has 1 saturated carbocycles. The fourth-order valence-corrected chi connectivity index (χ4v) is 1.57. The first kappa shape index (κ1) is 4.77. The van der Waals surface area contributed by atoms with Gasteiger partial charge in [-0.15, -0.1) is 0 Å². The fourth-order valence-electron chi connectivity index (χ4n) is 1.57. The van der Waals surface area contributed by atoms with E-state index in [1.807, 2.05) is 0 Å². The summed E-state index contributed by atoms with van der Waals surface area (Å²) in [5.41, 5.74) is 5.78. The second kappa shape index (κ2) is 1.45. The molecule has 2 heteroatoms. The lowest BCUT2D eigenvalue weighted by molar-refractivity contribution is 0.441. The summed E-state index contributed by atoms with van der Waals surface area (Å²) in [6.45, 7) is 1.14. The molecule has 1 heterocycles. The predicted molar refractivity (Wildman–Crippen MR) is 32.5 cm³/mol. The van der Waals surface area contributed by atoms with Gasteiger partial charge in [-0.25, -0.2) is 0 Å². The largest absolute Gasteiger partial charge is 0.327 e. The highest BCUT2D eigenvalue weighted by Crippen LogP contribution is 2.36. The van der Waals surface area contributed by atoms with Crippen LogP contribution in [0.1, 0.15) is 12.8 Å². The Kier molecular flexibility index (Phi) is 0.866. The van der Waals surface area contributed by atoms with Crippen LogP contribution in [0.5, 0.6) is 0 Å². The van der Waals surface area contributed by atoms with E-state index < -0.39 is 0 Å². The zero-order chi connectivity index (χ0) is 5.56. The molecule has 0 spiro atoms. The number of hydrogen-bond acceptors (Lipinski definition) is 2. The minimum absolute atomic E-state index is 0.515. The number of rotatable bonds is 0. The highest BCUT2D eigenvalue weighted by Gasteiger charge is 2.43. The topological polar surface area (TPSA) is 38.0 Å². The summed E-state index contributed by atoms with van der Waals surface area (Å²) in [4.78, 5) is 0. The minimum atomic E-state index is 0.515. The lowest BCUT2D eigenvalue weighted by atomic mass is 10.1. The van der Waals surface area contributed by atoms with Crippen LogP contribution in [-0.2, 0) is 0 Å². The van der Waals surface area contributed by atoms with Gasteiger partial charge in [0.15, 0.2) is 0 Å². The van der Waals surface area contributed by atoms with Crippen LogP contribution in [0.4, 0.5) is 0 Å². The summed E-state index contributed by atoms with van der Waals surface area (Å²) in [6, 6.07) is 1.32. The van der Waals surface area contributed by atoms with Crippen LogP contribution < -0.4 is 11.1 Å². The highest BCUT2D eigenvalue weighted by molar-refractivity contribution is 5.02. The van der Waals surface area contributed by atoms with Gasteiger partial charge in [0.25, 0.3) is 0 Å². The molecule has 2 nitrogen and oxygen atoms in total. The van der Waals surface area contributed by atoms with Crippen molar-refractivity contribution in [3.05, 3.63) is 0 Å². The third-order valence-electron chi connectivity index (χ3n) is 2.27. The molecule has 1 aliphatic carbocycles. The van der Waals surface area contributed by atoms with Crippen molar-refractivity contribution in [3.63, 3.8) is 0 Å². The highest BCUT2D eigenvalue weighted by atomic mass is 15.0. The van der Waals surface area contributed by atoms with Gasteiger partial charge in [0, 0.05) is 12.1 Å². The molecule has 2 rings (SSSR count). The lowest BCUT2D eigenvalue weighted by Crippen LogP contribution is -2.37. The molecule has 8 heavy (non-hydrogen) atoms. The molecule has 0 aromatic heterocycles. The van der Waals surface area contributed by atoms with Gasteiger partial charge in [-0.2, -0.15) is 0 Å². The minimum Gasteiger partial charge on any atom is -0.327 e. The lowest BCUT2D eigenvalue weighted by Gasteiger charge is -2.16. The van der Waals surface area contributed by atoms with E-state index in [0.29, 0.717) is 6.04 Å². The van der Waals surface area contributed by atoms with E-state index in [2.05, 4.69) is 5.32 Å². The van der Waals surface area contributed by atoms with Crippen molar-refractivity contribution in [2.24, 2.45) is 11.7 Å². The molecule has 2 fully saturated rings. The molecule has 2 aliphatic rings. The molecule has 0 radical (unpaired) electrons. The second-order valence-corrected chi connectivity index (χ2v) is 2.91. The van der Waals surface area contributed by atoms with Gasteiger partial charge in [-0.1, -0.05) is 0 Å². The number of piperidine rings is 1. The predicted octanol–water partition coefficient (Wildman–Crippen LogP) is -0.305. The summed E-state index contributed by atoms with van der Waals surface area (Å²) >= 11 is 0. The Bertz CT molecular complexity index is 103. The third-order valence-corrected chi connectivity index (χ3v) is 2.27. The van der Waals surface area contributed by atoms with Crippen LogP contribution in [0.15, 0.2) is 0 Å². The monoisotopic (exact) mass is 112 g/mol. The Labute approximate surface area is 49.4 Å². The number of hydrogen-bond donors (Lipinski definition) is 2. The molecular weight excluding hydrogens is 100 g/mol. The summed E-state index contributed by atoms with van der Waals surface area (Å²) in [7, 11) is 0. The Balaban J connectivity index is 1.99. The molecule has 1 aliphatic heterocycles. The molecule has 0 aromatic carbocycles. The van der Waals surface area contributed by atoms with E-state index in [1.54, 1.807) is 0 Å². The second-order valence-electron chi connectivity index (χ2n) is 2.91. The van der Waals surface area contributed by atoms with Gasteiger partial charge in [0.1, 0.15) is 0 Å². The van der Waals surface area contributed by atoms with Crippen molar-refractivity contribution in [1.82, 2.24) is 5.32 Å². The van der Waals surface area contributed by atoms with Crippen LogP contribution in [0.2, 0.25) is 0 Å². The first-order chi connectivity index (χ1) is 3.88. The number of nitrogens with one attached hydrogen (secondary N) is 1. The van der Waals surface area contributed by atoms with Gasteiger partial charge in [-0.05, 0) is 25.3 Å².